The molecule has 0 radical (unpaired) electrons. The van der Waals surface area contributed by atoms with Crippen molar-refractivity contribution in [3.05, 3.63) is 74.7 Å². The van der Waals surface area contributed by atoms with Gasteiger partial charge in [0.1, 0.15) is 23.0 Å². The van der Waals surface area contributed by atoms with Crippen LogP contribution in [0, 0.1) is 11.6 Å². The summed E-state index contributed by atoms with van der Waals surface area (Å²) in [4.78, 5) is 22.1. The molecule has 14 heteroatoms. The molecule has 2 aromatic heterocycles. The van der Waals surface area contributed by atoms with Crippen LogP contribution in [-0.2, 0) is 28.0 Å². The Balaban J connectivity index is 1.56. The molecule has 4 heterocycles. The summed E-state index contributed by atoms with van der Waals surface area (Å²) in [7, 11) is -2.70. The number of pyridine rings is 2. The van der Waals surface area contributed by atoms with Gasteiger partial charge in [-0.1, -0.05) is 17.7 Å². The van der Waals surface area contributed by atoms with E-state index in [1.54, 1.807) is 0 Å². The summed E-state index contributed by atoms with van der Waals surface area (Å²) >= 11 is 5.91. The van der Waals surface area contributed by atoms with Crippen LogP contribution in [0.4, 0.5) is 8.78 Å². The zero-order valence-corrected chi connectivity index (χ0v) is 20.9. The predicted molar refractivity (Wildman–Crippen MR) is 131 cm³/mol. The SMILES string of the molecule is COc1nc(-c2cc(F)cc(Cl)c2)c(F)cc1-n1c2c(ccc1=O)CN(S(=O)(=O)/N=C1\CCON1)CC2. The first-order valence-electron chi connectivity index (χ1n) is 11.1. The van der Waals surface area contributed by atoms with Gasteiger partial charge >= 0.3 is 10.2 Å². The van der Waals surface area contributed by atoms with Gasteiger partial charge in [0.2, 0.25) is 5.88 Å². The third-order valence-electron chi connectivity index (χ3n) is 5.91. The number of amidine groups is 1. The van der Waals surface area contributed by atoms with Crippen LogP contribution in [0.5, 0.6) is 5.88 Å². The van der Waals surface area contributed by atoms with Crippen molar-refractivity contribution in [2.75, 3.05) is 20.3 Å². The Bertz CT molecular complexity index is 1570. The van der Waals surface area contributed by atoms with E-state index in [0.717, 1.165) is 18.2 Å². The Kier molecular flexibility index (Phi) is 6.70. The minimum Gasteiger partial charge on any atom is -0.479 e. The lowest BCUT2D eigenvalue weighted by atomic mass is 10.1. The number of rotatable bonds is 5. The van der Waals surface area contributed by atoms with Gasteiger partial charge < -0.3 is 4.74 Å². The number of benzene rings is 1. The molecule has 0 bridgehead atoms. The summed E-state index contributed by atoms with van der Waals surface area (Å²) in [6, 6.07) is 7.38. The normalized spacial score (nSPS) is 17.0. The second-order valence-electron chi connectivity index (χ2n) is 8.28. The minimum atomic E-state index is -4.01. The number of hydrogen-bond acceptors (Lipinski definition) is 6. The number of hydrogen-bond donors (Lipinski definition) is 1. The third kappa shape index (κ3) is 4.94. The van der Waals surface area contributed by atoms with E-state index in [1.165, 1.54) is 34.2 Å². The fraction of sp³-hybridized carbons (Fsp3) is 0.261. The van der Waals surface area contributed by atoms with Crippen LogP contribution < -0.4 is 15.8 Å². The molecule has 1 fully saturated rings. The number of nitrogens with one attached hydrogen (secondary N) is 1. The van der Waals surface area contributed by atoms with E-state index in [2.05, 4.69) is 14.9 Å². The Hall–Kier alpha value is -3.39. The van der Waals surface area contributed by atoms with Crippen LogP contribution in [0.2, 0.25) is 5.02 Å². The van der Waals surface area contributed by atoms with Gasteiger partial charge in [-0.05, 0) is 23.8 Å². The summed E-state index contributed by atoms with van der Waals surface area (Å²) in [5, 5.41) is 0.0634. The van der Waals surface area contributed by atoms with E-state index >= 15 is 4.39 Å². The van der Waals surface area contributed by atoms with Gasteiger partial charge in [0.25, 0.3) is 5.56 Å². The fourth-order valence-corrected chi connectivity index (χ4v) is 5.62. The molecule has 1 aromatic carbocycles. The van der Waals surface area contributed by atoms with Crippen molar-refractivity contribution >= 4 is 27.6 Å². The Morgan fingerprint density at radius 3 is 2.70 bits per heavy atom. The van der Waals surface area contributed by atoms with Gasteiger partial charge in [-0.2, -0.15) is 12.7 Å². The van der Waals surface area contributed by atoms with Gasteiger partial charge in [0.05, 0.1) is 13.7 Å². The molecule has 0 saturated carbocycles. The van der Waals surface area contributed by atoms with Gasteiger partial charge in [0.15, 0.2) is 5.82 Å². The quantitative estimate of drug-likeness (QED) is 0.518. The van der Waals surface area contributed by atoms with E-state index in [1.807, 2.05) is 0 Å². The summed E-state index contributed by atoms with van der Waals surface area (Å²) in [5.74, 6) is -1.37. The molecule has 1 saturated heterocycles. The average Bonchev–Trinajstić information content (AvgIpc) is 3.35. The number of methoxy groups -OCH3 is 1. The standard InChI is InChI=1S/C23H20ClF2N5O5S/c1-35-23-19(11-17(26)22(27-23)14-8-15(24)10-16(25)9-14)31-18-4-6-30(12-13(18)2-3-21(31)32)37(33,34)29-20-5-7-36-28-20/h2-3,8-11H,4-7,12H2,1H3,(H,28,29). The van der Waals surface area contributed by atoms with Crippen molar-refractivity contribution in [1.82, 2.24) is 19.3 Å². The monoisotopic (exact) mass is 551 g/mol. The van der Waals surface area contributed by atoms with Crippen LogP contribution in [0.3, 0.4) is 0 Å². The van der Waals surface area contributed by atoms with E-state index < -0.39 is 27.4 Å². The summed E-state index contributed by atoms with van der Waals surface area (Å²) < 4.78 is 66.3. The Labute approximate surface area is 215 Å². The molecule has 1 N–H and O–H groups in total. The van der Waals surface area contributed by atoms with Crippen molar-refractivity contribution in [3.8, 4) is 22.8 Å². The molecule has 0 spiro atoms. The smallest absolute Gasteiger partial charge is 0.324 e. The lowest BCUT2D eigenvalue weighted by molar-refractivity contribution is 0.122. The van der Waals surface area contributed by atoms with Crippen LogP contribution in [0.15, 0.2) is 45.6 Å². The summed E-state index contributed by atoms with van der Waals surface area (Å²) in [6.07, 6.45) is 0.491. The van der Waals surface area contributed by atoms with Gasteiger partial charge in [0, 0.05) is 54.3 Å². The number of nitrogens with zero attached hydrogens (tertiary/aromatic N) is 4. The zero-order chi connectivity index (χ0) is 26.3. The molecule has 37 heavy (non-hydrogen) atoms. The van der Waals surface area contributed by atoms with E-state index in [0.29, 0.717) is 24.3 Å². The fourth-order valence-electron chi connectivity index (χ4n) is 4.26. The highest BCUT2D eigenvalue weighted by molar-refractivity contribution is 7.87. The maximum Gasteiger partial charge on any atom is 0.324 e. The number of aromatic nitrogens is 2. The number of ether oxygens (including phenoxy) is 1. The van der Waals surface area contributed by atoms with Crippen molar-refractivity contribution in [2.24, 2.45) is 4.40 Å². The third-order valence-corrected chi connectivity index (χ3v) is 7.54. The maximum absolute atomic E-state index is 15.3. The molecule has 0 aliphatic carbocycles. The molecule has 10 nitrogen and oxygen atoms in total. The molecule has 0 amide bonds. The molecule has 2 aliphatic heterocycles. The lowest BCUT2D eigenvalue weighted by Crippen LogP contribution is -2.38. The second-order valence-corrected chi connectivity index (χ2v) is 10.3. The Morgan fingerprint density at radius 2 is 2.00 bits per heavy atom. The molecule has 5 rings (SSSR count). The van der Waals surface area contributed by atoms with Gasteiger partial charge in [-0.25, -0.2) is 13.8 Å². The summed E-state index contributed by atoms with van der Waals surface area (Å²) in [5.41, 5.74) is 2.91. The molecule has 0 atom stereocenters. The van der Waals surface area contributed by atoms with Crippen LogP contribution >= 0.6 is 11.6 Å². The minimum absolute atomic E-state index is 0.0250. The number of halogens is 3. The molecule has 3 aromatic rings. The molecule has 2 aliphatic rings. The lowest BCUT2D eigenvalue weighted by Gasteiger charge is -2.28. The van der Waals surface area contributed by atoms with Gasteiger partial charge in [-0.3, -0.25) is 19.7 Å². The first-order chi connectivity index (χ1) is 17.7. The highest BCUT2D eigenvalue weighted by Crippen LogP contribution is 2.32. The van der Waals surface area contributed by atoms with E-state index in [-0.39, 0.29) is 53.2 Å². The van der Waals surface area contributed by atoms with E-state index in [9.17, 15) is 17.6 Å². The van der Waals surface area contributed by atoms with Crippen LogP contribution in [0.1, 0.15) is 17.7 Å². The maximum atomic E-state index is 15.3. The van der Waals surface area contributed by atoms with Crippen LogP contribution in [0.25, 0.3) is 16.9 Å². The molecule has 194 valence electrons. The van der Waals surface area contributed by atoms with Crippen molar-refractivity contribution in [1.29, 1.82) is 0 Å². The van der Waals surface area contributed by atoms with Gasteiger partial charge in [-0.15, -0.1) is 4.40 Å². The average molecular weight is 552 g/mol. The molecular formula is C23H20ClF2N5O5S. The van der Waals surface area contributed by atoms with Crippen molar-refractivity contribution in [2.45, 2.75) is 19.4 Å². The highest BCUT2D eigenvalue weighted by atomic mass is 35.5. The van der Waals surface area contributed by atoms with Crippen molar-refractivity contribution < 1.29 is 26.8 Å². The molecule has 0 unspecified atom stereocenters. The highest BCUT2D eigenvalue weighted by Gasteiger charge is 2.30. The topological polar surface area (TPSA) is 115 Å². The van der Waals surface area contributed by atoms with Crippen LogP contribution in [-0.4, -0.2) is 48.4 Å². The molecular weight excluding hydrogens is 532 g/mol. The number of fused-ring (bicyclic) bond motifs is 1. The first kappa shape index (κ1) is 25.3. The largest absolute Gasteiger partial charge is 0.479 e. The van der Waals surface area contributed by atoms with E-state index in [4.69, 9.17) is 21.2 Å². The first-order valence-corrected chi connectivity index (χ1v) is 12.9. The second kappa shape index (κ2) is 9.82. The number of hydroxylamine groups is 1. The zero-order valence-electron chi connectivity index (χ0n) is 19.4. The predicted octanol–water partition coefficient (Wildman–Crippen LogP) is 2.77. The van der Waals surface area contributed by atoms with Crippen molar-refractivity contribution in [3.63, 3.8) is 0 Å². The Morgan fingerprint density at radius 1 is 1.19 bits per heavy atom. The summed E-state index contributed by atoms with van der Waals surface area (Å²) in [6.45, 7) is 0.309.